The second-order valence-corrected chi connectivity index (χ2v) is 3.34. The van der Waals surface area contributed by atoms with Crippen molar-refractivity contribution in [1.29, 1.82) is 0 Å². The maximum Gasteiger partial charge on any atom is 0.270 e. The molecule has 1 nitrogen and oxygen atoms in total. The minimum atomic E-state index is -0.352. The van der Waals surface area contributed by atoms with E-state index in [1.807, 2.05) is 25.1 Å². The topological polar surface area (TPSA) is 12.9 Å². The van der Waals surface area contributed by atoms with Crippen LogP contribution in [0.4, 0.5) is 4.39 Å². The van der Waals surface area contributed by atoms with Gasteiger partial charge in [0, 0.05) is 0 Å². The van der Waals surface area contributed by atoms with Gasteiger partial charge in [-0.25, -0.2) is 4.98 Å². The summed E-state index contributed by atoms with van der Waals surface area (Å²) in [5.74, 6) is 0. The lowest BCUT2D eigenvalue weighted by Gasteiger charge is -1.89. The van der Waals surface area contributed by atoms with E-state index in [1.54, 1.807) is 0 Å². The zero-order chi connectivity index (χ0) is 7.84. The highest BCUT2D eigenvalue weighted by Gasteiger charge is 2.02. The highest BCUT2D eigenvalue weighted by Crippen LogP contribution is 2.23. The number of aryl methyl sites for hydroxylation is 1. The first-order valence-electron chi connectivity index (χ1n) is 3.29. The van der Waals surface area contributed by atoms with Gasteiger partial charge >= 0.3 is 0 Å². The van der Waals surface area contributed by atoms with Crippen LogP contribution in [0.1, 0.15) is 5.56 Å². The van der Waals surface area contributed by atoms with Crippen molar-refractivity contribution in [2.24, 2.45) is 0 Å². The molecule has 0 aliphatic carbocycles. The SMILES string of the molecule is Cc1cccc2nc(F)sc12. The molecule has 0 saturated heterocycles. The number of halogens is 1. The summed E-state index contributed by atoms with van der Waals surface area (Å²) in [5, 5.41) is -0.352. The molecular weight excluding hydrogens is 161 g/mol. The van der Waals surface area contributed by atoms with Crippen LogP contribution >= 0.6 is 11.3 Å². The lowest BCUT2D eigenvalue weighted by molar-refractivity contribution is 0.620. The quantitative estimate of drug-likeness (QED) is 0.588. The Kier molecular flexibility index (Phi) is 1.39. The number of hydrogen-bond donors (Lipinski definition) is 0. The number of rotatable bonds is 0. The molecule has 3 heteroatoms. The van der Waals surface area contributed by atoms with Crippen LogP contribution in [-0.2, 0) is 0 Å². The van der Waals surface area contributed by atoms with Crippen LogP contribution in [-0.4, -0.2) is 4.98 Å². The van der Waals surface area contributed by atoms with Gasteiger partial charge < -0.3 is 0 Å². The normalized spacial score (nSPS) is 10.7. The Bertz CT molecular complexity index is 394. The molecule has 56 valence electrons. The second-order valence-electron chi connectivity index (χ2n) is 2.39. The zero-order valence-electron chi connectivity index (χ0n) is 5.97. The smallest absolute Gasteiger partial charge is 0.209 e. The first-order chi connectivity index (χ1) is 5.27. The lowest BCUT2D eigenvalue weighted by Crippen LogP contribution is -1.71. The van der Waals surface area contributed by atoms with Crippen LogP contribution in [0.5, 0.6) is 0 Å². The Morgan fingerprint density at radius 2 is 2.27 bits per heavy atom. The molecule has 2 rings (SSSR count). The van der Waals surface area contributed by atoms with Crippen LogP contribution in [0, 0.1) is 12.2 Å². The van der Waals surface area contributed by atoms with Crippen molar-refractivity contribution in [2.75, 3.05) is 0 Å². The first-order valence-corrected chi connectivity index (χ1v) is 4.10. The predicted octanol–water partition coefficient (Wildman–Crippen LogP) is 2.74. The Labute approximate surface area is 67.5 Å². The molecule has 0 bridgehead atoms. The van der Waals surface area contributed by atoms with E-state index in [1.165, 1.54) is 0 Å². The van der Waals surface area contributed by atoms with E-state index in [0.29, 0.717) is 0 Å². The zero-order valence-corrected chi connectivity index (χ0v) is 6.78. The number of fused-ring (bicyclic) bond motifs is 1. The van der Waals surface area contributed by atoms with Gasteiger partial charge in [-0.3, -0.25) is 0 Å². The average Bonchev–Trinajstić information content (AvgIpc) is 2.31. The van der Waals surface area contributed by atoms with E-state index in [2.05, 4.69) is 4.98 Å². The van der Waals surface area contributed by atoms with Gasteiger partial charge in [-0.2, -0.15) is 4.39 Å². The second kappa shape index (κ2) is 2.27. The molecule has 11 heavy (non-hydrogen) atoms. The highest BCUT2D eigenvalue weighted by atomic mass is 32.1. The summed E-state index contributed by atoms with van der Waals surface area (Å²) in [6.45, 7) is 1.96. The number of benzene rings is 1. The highest BCUT2D eigenvalue weighted by molar-refractivity contribution is 7.17. The standard InChI is InChI=1S/C8H6FNS/c1-5-3-2-4-6-7(5)11-8(9)10-6/h2-4H,1H3. The van der Waals surface area contributed by atoms with Crippen LogP contribution < -0.4 is 0 Å². The van der Waals surface area contributed by atoms with E-state index >= 15 is 0 Å². The monoisotopic (exact) mass is 167 g/mol. The van der Waals surface area contributed by atoms with Crippen LogP contribution in [0.2, 0.25) is 0 Å². The molecule has 0 radical (unpaired) electrons. The Morgan fingerprint density at radius 3 is 3.00 bits per heavy atom. The van der Waals surface area contributed by atoms with E-state index < -0.39 is 0 Å². The van der Waals surface area contributed by atoms with Gasteiger partial charge in [-0.1, -0.05) is 23.5 Å². The third kappa shape index (κ3) is 1.01. The summed E-state index contributed by atoms with van der Waals surface area (Å²) >= 11 is 1.10. The van der Waals surface area contributed by atoms with E-state index in [-0.39, 0.29) is 5.26 Å². The fourth-order valence-electron chi connectivity index (χ4n) is 1.06. The van der Waals surface area contributed by atoms with E-state index in [0.717, 1.165) is 27.1 Å². The van der Waals surface area contributed by atoms with Crippen LogP contribution in [0.3, 0.4) is 0 Å². The molecule has 2 aromatic rings. The number of hydrogen-bond acceptors (Lipinski definition) is 2. The van der Waals surface area contributed by atoms with Gasteiger partial charge in [0.05, 0.1) is 10.2 Å². The fourth-order valence-corrected chi connectivity index (χ4v) is 1.82. The van der Waals surface area contributed by atoms with Gasteiger partial charge in [0.2, 0.25) is 0 Å². The molecule has 1 aromatic heterocycles. The molecule has 0 N–H and O–H groups in total. The van der Waals surface area contributed by atoms with Crippen molar-refractivity contribution >= 4 is 21.6 Å². The summed E-state index contributed by atoms with van der Waals surface area (Å²) in [5.41, 5.74) is 1.84. The van der Waals surface area contributed by atoms with Crippen molar-refractivity contribution < 1.29 is 4.39 Å². The first kappa shape index (κ1) is 6.73. The molecule has 0 atom stereocenters. The van der Waals surface area contributed by atoms with Gasteiger partial charge in [-0.15, -0.1) is 0 Å². The molecule has 0 spiro atoms. The molecule has 1 aromatic carbocycles. The number of aromatic nitrogens is 1. The van der Waals surface area contributed by atoms with Gasteiger partial charge in [0.15, 0.2) is 0 Å². The summed E-state index contributed by atoms with van der Waals surface area (Å²) in [6, 6.07) is 5.67. The summed E-state index contributed by atoms with van der Waals surface area (Å²) in [6.07, 6.45) is 0. The summed E-state index contributed by atoms with van der Waals surface area (Å²) in [4.78, 5) is 3.73. The number of thiazole rings is 1. The fraction of sp³-hybridized carbons (Fsp3) is 0.125. The van der Waals surface area contributed by atoms with Gasteiger partial charge in [0.1, 0.15) is 0 Å². The minimum Gasteiger partial charge on any atom is -0.209 e. The van der Waals surface area contributed by atoms with Crippen molar-refractivity contribution in [3.8, 4) is 0 Å². The average molecular weight is 167 g/mol. The van der Waals surface area contributed by atoms with Gasteiger partial charge in [0.25, 0.3) is 5.26 Å². The molecule has 0 fully saturated rings. The molecule has 0 aliphatic heterocycles. The van der Waals surface area contributed by atoms with Crippen LogP contribution in [0.25, 0.3) is 10.2 Å². The van der Waals surface area contributed by atoms with E-state index in [4.69, 9.17) is 0 Å². The minimum absolute atomic E-state index is 0.352. The third-order valence-electron chi connectivity index (χ3n) is 1.59. The van der Waals surface area contributed by atoms with Crippen molar-refractivity contribution in [3.63, 3.8) is 0 Å². The lowest BCUT2D eigenvalue weighted by atomic mass is 10.2. The molecule has 0 saturated carbocycles. The molecular formula is C8H6FNS. The van der Waals surface area contributed by atoms with Crippen LogP contribution in [0.15, 0.2) is 18.2 Å². The molecule has 0 amide bonds. The Balaban J connectivity index is 2.90. The summed E-state index contributed by atoms with van der Waals surface area (Å²) in [7, 11) is 0. The Hall–Kier alpha value is -0.960. The van der Waals surface area contributed by atoms with E-state index in [9.17, 15) is 4.39 Å². The maximum atomic E-state index is 12.6. The van der Waals surface area contributed by atoms with Gasteiger partial charge in [-0.05, 0) is 18.6 Å². The maximum absolute atomic E-state index is 12.6. The van der Waals surface area contributed by atoms with Crippen molar-refractivity contribution in [3.05, 3.63) is 29.0 Å². The molecule has 0 unspecified atom stereocenters. The number of nitrogens with zero attached hydrogens (tertiary/aromatic N) is 1. The molecule has 0 aliphatic rings. The van der Waals surface area contributed by atoms with Crippen molar-refractivity contribution in [2.45, 2.75) is 6.92 Å². The van der Waals surface area contributed by atoms with Crippen molar-refractivity contribution in [1.82, 2.24) is 4.98 Å². The molecule has 1 heterocycles. The third-order valence-corrected chi connectivity index (χ3v) is 2.58. The summed E-state index contributed by atoms with van der Waals surface area (Å²) < 4.78 is 13.6. The predicted molar refractivity (Wildman–Crippen MR) is 44.3 cm³/mol. The Morgan fingerprint density at radius 1 is 1.45 bits per heavy atom. The largest absolute Gasteiger partial charge is 0.270 e.